The highest BCUT2D eigenvalue weighted by Gasteiger charge is 2.09. The van der Waals surface area contributed by atoms with Crippen LogP contribution < -0.4 is 5.32 Å². The van der Waals surface area contributed by atoms with Crippen molar-refractivity contribution in [2.75, 3.05) is 20.8 Å². The van der Waals surface area contributed by atoms with Gasteiger partial charge in [0.1, 0.15) is 0 Å². The lowest BCUT2D eigenvalue weighted by atomic mass is 10.1. The summed E-state index contributed by atoms with van der Waals surface area (Å²) in [6.07, 6.45) is -0.196. The first kappa shape index (κ1) is 13.6. The second-order valence-electron chi connectivity index (χ2n) is 3.58. The van der Waals surface area contributed by atoms with Crippen molar-refractivity contribution in [2.45, 2.75) is 19.3 Å². The molecule has 0 aliphatic heterocycles. The summed E-state index contributed by atoms with van der Waals surface area (Å²) < 4.78 is 11.3. The van der Waals surface area contributed by atoms with E-state index in [2.05, 4.69) is 40.3 Å². The predicted octanol–water partition coefficient (Wildman–Crippen LogP) is 2.72. The average Bonchev–Trinajstić information content (AvgIpc) is 2.31. The fourth-order valence-electron chi connectivity index (χ4n) is 1.41. The molecule has 1 atom stereocenters. The predicted molar refractivity (Wildman–Crippen MR) is 68.4 cm³/mol. The number of rotatable bonds is 6. The Bertz CT molecular complexity index is 298. The highest BCUT2D eigenvalue weighted by molar-refractivity contribution is 9.10. The molecule has 0 aliphatic carbocycles. The van der Waals surface area contributed by atoms with Gasteiger partial charge < -0.3 is 14.8 Å². The van der Waals surface area contributed by atoms with E-state index in [1.807, 2.05) is 12.1 Å². The lowest BCUT2D eigenvalue weighted by Gasteiger charge is -2.18. The van der Waals surface area contributed by atoms with Crippen LogP contribution in [0.15, 0.2) is 28.7 Å². The van der Waals surface area contributed by atoms with Crippen LogP contribution in [0.4, 0.5) is 0 Å². The quantitative estimate of drug-likeness (QED) is 0.816. The zero-order chi connectivity index (χ0) is 12.0. The normalized spacial score (nSPS) is 13.1. The monoisotopic (exact) mass is 287 g/mol. The average molecular weight is 288 g/mol. The van der Waals surface area contributed by atoms with E-state index in [9.17, 15) is 0 Å². The minimum absolute atomic E-state index is 0.196. The highest BCUT2D eigenvalue weighted by atomic mass is 79.9. The van der Waals surface area contributed by atoms with Crippen molar-refractivity contribution >= 4 is 15.9 Å². The molecule has 0 spiro atoms. The van der Waals surface area contributed by atoms with Gasteiger partial charge >= 0.3 is 0 Å². The van der Waals surface area contributed by atoms with Crippen molar-refractivity contribution in [3.8, 4) is 0 Å². The lowest BCUT2D eigenvalue weighted by Crippen LogP contribution is -2.31. The highest BCUT2D eigenvalue weighted by Crippen LogP contribution is 2.16. The maximum atomic E-state index is 5.11. The molecule has 1 aromatic carbocycles. The molecule has 0 amide bonds. The van der Waals surface area contributed by atoms with Gasteiger partial charge in [-0.2, -0.15) is 0 Å². The molecule has 90 valence electrons. The molecule has 0 fully saturated rings. The first-order valence-electron chi connectivity index (χ1n) is 5.21. The van der Waals surface area contributed by atoms with Gasteiger partial charge in [-0.25, -0.2) is 0 Å². The molecule has 1 aromatic rings. The van der Waals surface area contributed by atoms with E-state index in [4.69, 9.17) is 9.47 Å². The molecule has 3 nitrogen and oxygen atoms in total. The van der Waals surface area contributed by atoms with E-state index in [0.29, 0.717) is 6.54 Å². The van der Waals surface area contributed by atoms with Gasteiger partial charge in [0.15, 0.2) is 6.29 Å². The maximum absolute atomic E-state index is 5.11. The first-order valence-corrected chi connectivity index (χ1v) is 6.01. The number of halogens is 1. The number of nitrogens with one attached hydrogen (secondary N) is 1. The van der Waals surface area contributed by atoms with Gasteiger partial charge in [-0.15, -0.1) is 0 Å². The van der Waals surface area contributed by atoms with Gasteiger partial charge in [0.05, 0.1) is 0 Å². The van der Waals surface area contributed by atoms with Crippen LogP contribution in [0.3, 0.4) is 0 Å². The Balaban J connectivity index is 2.46. The van der Waals surface area contributed by atoms with Crippen molar-refractivity contribution in [3.05, 3.63) is 34.3 Å². The van der Waals surface area contributed by atoms with Crippen LogP contribution >= 0.6 is 15.9 Å². The summed E-state index contributed by atoms with van der Waals surface area (Å²) in [5, 5.41) is 3.35. The van der Waals surface area contributed by atoms with Crippen molar-refractivity contribution in [3.63, 3.8) is 0 Å². The van der Waals surface area contributed by atoms with E-state index in [-0.39, 0.29) is 12.3 Å². The van der Waals surface area contributed by atoms with Gasteiger partial charge in [0, 0.05) is 31.3 Å². The van der Waals surface area contributed by atoms with Crippen LogP contribution in [0.1, 0.15) is 18.5 Å². The molecule has 1 unspecified atom stereocenters. The fourth-order valence-corrected chi connectivity index (χ4v) is 1.67. The second kappa shape index (κ2) is 7.01. The largest absolute Gasteiger partial charge is 0.355 e. The van der Waals surface area contributed by atoms with Crippen molar-refractivity contribution in [2.24, 2.45) is 0 Å². The SMILES string of the molecule is COC(CNC(C)c1ccc(Br)cc1)OC. The Kier molecular flexibility index (Phi) is 5.98. The molecular formula is C12H18BrNO2. The third-order valence-corrected chi connectivity index (χ3v) is 3.02. The van der Waals surface area contributed by atoms with Crippen LogP contribution in [0.2, 0.25) is 0 Å². The molecule has 16 heavy (non-hydrogen) atoms. The fraction of sp³-hybridized carbons (Fsp3) is 0.500. The Morgan fingerprint density at radius 1 is 1.19 bits per heavy atom. The van der Waals surface area contributed by atoms with Gasteiger partial charge in [-0.1, -0.05) is 28.1 Å². The van der Waals surface area contributed by atoms with E-state index >= 15 is 0 Å². The van der Waals surface area contributed by atoms with E-state index < -0.39 is 0 Å². The maximum Gasteiger partial charge on any atom is 0.169 e. The Labute approximate surface area is 105 Å². The molecule has 1 N–H and O–H groups in total. The summed E-state index contributed by atoms with van der Waals surface area (Å²) in [6, 6.07) is 8.54. The summed E-state index contributed by atoms with van der Waals surface area (Å²) in [5.41, 5.74) is 1.24. The molecule has 0 heterocycles. The lowest BCUT2D eigenvalue weighted by molar-refractivity contribution is -0.0997. The molecule has 1 rings (SSSR count). The third-order valence-electron chi connectivity index (χ3n) is 2.49. The van der Waals surface area contributed by atoms with Crippen molar-refractivity contribution in [1.82, 2.24) is 5.32 Å². The van der Waals surface area contributed by atoms with Crippen molar-refractivity contribution in [1.29, 1.82) is 0 Å². The Morgan fingerprint density at radius 2 is 1.75 bits per heavy atom. The summed E-state index contributed by atoms with van der Waals surface area (Å²) in [7, 11) is 3.28. The minimum Gasteiger partial charge on any atom is -0.355 e. The van der Waals surface area contributed by atoms with Gasteiger partial charge in [-0.3, -0.25) is 0 Å². The van der Waals surface area contributed by atoms with E-state index in [1.165, 1.54) is 5.56 Å². The number of hydrogen-bond donors (Lipinski definition) is 1. The topological polar surface area (TPSA) is 30.5 Å². The van der Waals surface area contributed by atoms with Crippen LogP contribution in [0, 0.1) is 0 Å². The van der Waals surface area contributed by atoms with Crippen LogP contribution in [0.25, 0.3) is 0 Å². The molecule has 0 aliphatic rings. The molecule has 0 radical (unpaired) electrons. The summed E-state index contributed by atoms with van der Waals surface area (Å²) in [5.74, 6) is 0. The zero-order valence-corrected chi connectivity index (χ0v) is 11.5. The number of methoxy groups -OCH3 is 2. The zero-order valence-electron chi connectivity index (χ0n) is 9.87. The number of benzene rings is 1. The number of ether oxygens (including phenoxy) is 2. The summed E-state index contributed by atoms with van der Waals surface area (Å²) in [4.78, 5) is 0. The minimum atomic E-state index is -0.196. The van der Waals surface area contributed by atoms with Crippen LogP contribution in [-0.4, -0.2) is 27.1 Å². The Morgan fingerprint density at radius 3 is 2.25 bits per heavy atom. The smallest absolute Gasteiger partial charge is 0.169 e. The molecule has 0 saturated heterocycles. The molecule has 0 saturated carbocycles. The van der Waals surface area contributed by atoms with Crippen LogP contribution in [0.5, 0.6) is 0 Å². The standard InChI is InChI=1S/C12H18BrNO2/c1-9(14-8-12(15-2)16-3)10-4-6-11(13)7-5-10/h4-7,9,12,14H,8H2,1-3H3. The van der Waals surface area contributed by atoms with E-state index in [1.54, 1.807) is 14.2 Å². The van der Waals surface area contributed by atoms with Gasteiger partial charge in [-0.05, 0) is 24.6 Å². The van der Waals surface area contributed by atoms with Gasteiger partial charge in [0.2, 0.25) is 0 Å². The molecular weight excluding hydrogens is 270 g/mol. The summed E-state index contributed by atoms with van der Waals surface area (Å²) in [6.45, 7) is 2.79. The van der Waals surface area contributed by atoms with Crippen LogP contribution in [-0.2, 0) is 9.47 Å². The third kappa shape index (κ3) is 4.22. The molecule has 0 aromatic heterocycles. The number of hydrogen-bond acceptors (Lipinski definition) is 3. The van der Waals surface area contributed by atoms with Crippen molar-refractivity contribution < 1.29 is 9.47 Å². The summed E-state index contributed by atoms with van der Waals surface area (Å²) >= 11 is 3.42. The van der Waals surface area contributed by atoms with Gasteiger partial charge in [0.25, 0.3) is 0 Å². The Hall–Kier alpha value is -0.420. The van der Waals surface area contributed by atoms with E-state index in [0.717, 1.165) is 4.47 Å². The first-order chi connectivity index (χ1) is 7.67. The second-order valence-corrected chi connectivity index (χ2v) is 4.50. The molecule has 0 bridgehead atoms. The molecule has 4 heteroatoms.